The summed E-state index contributed by atoms with van der Waals surface area (Å²) in [5, 5.41) is 4.70. The number of rotatable bonds is 10. The summed E-state index contributed by atoms with van der Waals surface area (Å²) >= 11 is 3.15. The van der Waals surface area contributed by atoms with Crippen molar-refractivity contribution in [3.8, 4) is 0 Å². The highest BCUT2D eigenvalue weighted by Gasteiger charge is 2.20. The van der Waals surface area contributed by atoms with Crippen molar-refractivity contribution in [1.82, 2.24) is 19.5 Å². The average molecular weight is 442 g/mol. The summed E-state index contributed by atoms with van der Waals surface area (Å²) in [5.74, 6) is -0.360. The molecule has 11 heteroatoms. The summed E-state index contributed by atoms with van der Waals surface area (Å²) in [7, 11) is 0. The van der Waals surface area contributed by atoms with Crippen LogP contribution in [-0.2, 0) is 25.8 Å². The second-order valence-electron chi connectivity index (χ2n) is 6.74. The highest BCUT2D eigenvalue weighted by Crippen LogP contribution is 2.33. The number of anilines is 1. The summed E-state index contributed by atoms with van der Waals surface area (Å²) in [6.45, 7) is 11.7. The molecule has 160 valence electrons. The van der Waals surface area contributed by atoms with Gasteiger partial charge in [0.15, 0.2) is 10.8 Å². The molecule has 2 rings (SSSR count). The molecular formula is C18H27N5O4S2. The third-order valence-electron chi connectivity index (χ3n) is 3.26. The third-order valence-corrected chi connectivity index (χ3v) is 5.23. The molecule has 1 N–H and O–H groups in total. The number of fused-ring (bicyclic) bond motifs is 1. The van der Waals surface area contributed by atoms with Crippen LogP contribution in [0.1, 0.15) is 41.5 Å². The van der Waals surface area contributed by atoms with Crippen molar-refractivity contribution in [3.05, 3.63) is 0 Å². The van der Waals surface area contributed by atoms with Crippen LogP contribution in [0.3, 0.4) is 0 Å². The molecule has 0 fully saturated rings. The number of carbonyl (C=O) groups is 2. The van der Waals surface area contributed by atoms with E-state index in [1.165, 1.54) is 13.8 Å². The zero-order valence-corrected chi connectivity index (χ0v) is 19.1. The first kappa shape index (κ1) is 23.4. The molecule has 2 aromatic rings. The Morgan fingerprint density at radius 3 is 2.31 bits per heavy atom. The van der Waals surface area contributed by atoms with Crippen molar-refractivity contribution in [2.24, 2.45) is 0 Å². The van der Waals surface area contributed by atoms with Gasteiger partial charge in [-0.2, -0.15) is 4.98 Å². The van der Waals surface area contributed by atoms with Gasteiger partial charge in [0.1, 0.15) is 23.9 Å². The van der Waals surface area contributed by atoms with Crippen LogP contribution in [0.2, 0.25) is 0 Å². The van der Waals surface area contributed by atoms with Crippen molar-refractivity contribution >= 4 is 52.5 Å². The van der Waals surface area contributed by atoms with Gasteiger partial charge in [-0.3, -0.25) is 19.5 Å². The van der Waals surface area contributed by atoms with E-state index in [1.807, 2.05) is 4.57 Å². The lowest BCUT2D eigenvalue weighted by Gasteiger charge is -2.11. The van der Waals surface area contributed by atoms with Gasteiger partial charge in [-0.25, -0.2) is 9.97 Å². The lowest BCUT2D eigenvalue weighted by molar-refractivity contribution is -0.142. The predicted molar refractivity (Wildman–Crippen MR) is 114 cm³/mol. The maximum Gasteiger partial charge on any atom is 0.302 e. The Bertz CT molecular complexity index is 870. The minimum atomic E-state index is -0.347. The maximum absolute atomic E-state index is 11.5. The summed E-state index contributed by atoms with van der Waals surface area (Å²) in [6, 6.07) is 0. The number of imidazole rings is 1. The van der Waals surface area contributed by atoms with Crippen LogP contribution in [0.25, 0.3) is 11.2 Å². The van der Waals surface area contributed by atoms with Gasteiger partial charge in [0, 0.05) is 24.3 Å². The summed E-state index contributed by atoms with van der Waals surface area (Å²) in [5.41, 5.74) is 1.26. The van der Waals surface area contributed by atoms with E-state index in [4.69, 9.17) is 14.5 Å². The fourth-order valence-corrected chi connectivity index (χ4v) is 3.96. The molecule has 29 heavy (non-hydrogen) atoms. The summed E-state index contributed by atoms with van der Waals surface area (Å²) in [6.07, 6.45) is 0. The topological polar surface area (TPSA) is 108 Å². The van der Waals surface area contributed by atoms with Crippen LogP contribution >= 0.6 is 23.5 Å². The Kier molecular flexibility index (Phi) is 8.72. The van der Waals surface area contributed by atoms with E-state index in [2.05, 4.69) is 43.0 Å². The van der Waals surface area contributed by atoms with Crippen LogP contribution in [0, 0.1) is 0 Å². The lowest BCUT2D eigenvalue weighted by atomic mass is 10.5. The monoisotopic (exact) mass is 441 g/mol. The number of hydrogen-bond acceptors (Lipinski definition) is 9. The van der Waals surface area contributed by atoms with E-state index in [-0.39, 0.29) is 43.0 Å². The number of hydrogen-bond donors (Lipinski definition) is 1. The third kappa shape index (κ3) is 7.16. The van der Waals surface area contributed by atoms with E-state index in [0.29, 0.717) is 21.4 Å². The first-order chi connectivity index (χ1) is 13.7. The highest BCUT2D eigenvalue weighted by molar-refractivity contribution is 8.00. The molecule has 0 bridgehead atoms. The van der Waals surface area contributed by atoms with Gasteiger partial charge < -0.3 is 9.47 Å². The van der Waals surface area contributed by atoms with Gasteiger partial charge in [0.2, 0.25) is 11.9 Å². The molecule has 2 aromatic heterocycles. The van der Waals surface area contributed by atoms with Crippen LogP contribution < -0.4 is 5.32 Å². The number of nitrogens with zero attached hydrogens (tertiary/aromatic N) is 4. The van der Waals surface area contributed by atoms with Gasteiger partial charge >= 0.3 is 5.97 Å². The second kappa shape index (κ2) is 10.8. The van der Waals surface area contributed by atoms with E-state index in [0.717, 1.165) is 5.16 Å². The number of aromatic nitrogens is 4. The van der Waals surface area contributed by atoms with Crippen LogP contribution in [-0.4, -0.2) is 55.1 Å². The van der Waals surface area contributed by atoms with Crippen molar-refractivity contribution in [2.75, 3.05) is 18.5 Å². The van der Waals surface area contributed by atoms with E-state index in [9.17, 15) is 9.59 Å². The molecular weight excluding hydrogens is 414 g/mol. The Hall–Kier alpha value is -1.85. The van der Waals surface area contributed by atoms with Gasteiger partial charge in [-0.15, -0.1) is 11.8 Å². The second-order valence-corrected chi connectivity index (χ2v) is 9.85. The van der Waals surface area contributed by atoms with E-state index >= 15 is 0 Å². The lowest BCUT2D eigenvalue weighted by Crippen LogP contribution is -2.13. The smallest absolute Gasteiger partial charge is 0.302 e. The largest absolute Gasteiger partial charge is 0.463 e. The zero-order chi connectivity index (χ0) is 21.6. The first-order valence-corrected chi connectivity index (χ1v) is 11.0. The van der Waals surface area contributed by atoms with Crippen molar-refractivity contribution in [1.29, 1.82) is 0 Å². The molecule has 2 heterocycles. The molecule has 0 aliphatic rings. The van der Waals surface area contributed by atoms with Gasteiger partial charge in [-0.05, 0) is 0 Å². The van der Waals surface area contributed by atoms with Crippen molar-refractivity contribution < 1.29 is 19.1 Å². The van der Waals surface area contributed by atoms with E-state index < -0.39 is 0 Å². The Morgan fingerprint density at radius 2 is 1.72 bits per heavy atom. The normalized spacial score (nSPS) is 11.4. The summed E-state index contributed by atoms with van der Waals surface area (Å²) in [4.78, 5) is 36.2. The maximum atomic E-state index is 11.5. The molecule has 0 spiro atoms. The Labute approximate surface area is 178 Å². The minimum Gasteiger partial charge on any atom is -0.463 e. The standard InChI is InChI=1S/C18H27N5O4S2/c1-10(2)28-16-14-15(21-17(22-16)19-12(5)24)23(18(20-14)29-11(3)4)9-26-7-8-27-13(6)25/h10-11H,7-9H2,1-6H3,(H,19,21,22,24). The van der Waals surface area contributed by atoms with Gasteiger partial charge in [0.05, 0.1) is 6.61 Å². The SMILES string of the molecule is CC(=O)Nc1nc(SC(C)C)c2nc(SC(C)C)n(COCCOC(C)=O)c2n1. The molecule has 0 unspecified atom stereocenters. The quantitative estimate of drug-likeness (QED) is 0.257. The zero-order valence-electron chi connectivity index (χ0n) is 17.5. The molecule has 9 nitrogen and oxygen atoms in total. The minimum absolute atomic E-state index is 0.176. The molecule has 0 aromatic carbocycles. The van der Waals surface area contributed by atoms with E-state index in [1.54, 1.807) is 23.5 Å². The first-order valence-electron chi connectivity index (χ1n) is 9.27. The molecule has 1 amide bonds. The number of esters is 1. The summed E-state index contributed by atoms with van der Waals surface area (Å²) < 4.78 is 12.4. The fraction of sp³-hybridized carbons (Fsp3) is 0.611. The number of ether oxygens (including phenoxy) is 2. The van der Waals surface area contributed by atoms with Crippen LogP contribution in [0.5, 0.6) is 0 Å². The molecule has 0 radical (unpaired) electrons. The van der Waals surface area contributed by atoms with Crippen molar-refractivity contribution in [3.63, 3.8) is 0 Å². The van der Waals surface area contributed by atoms with Crippen LogP contribution in [0.4, 0.5) is 5.95 Å². The average Bonchev–Trinajstić information content (AvgIpc) is 2.90. The predicted octanol–water partition coefficient (Wildman–Crippen LogP) is 3.32. The molecule has 0 aliphatic carbocycles. The number of carbonyl (C=O) groups excluding carboxylic acids is 2. The number of amides is 1. The Balaban J connectivity index is 2.43. The number of nitrogens with one attached hydrogen (secondary N) is 1. The van der Waals surface area contributed by atoms with Gasteiger partial charge in [0.25, 0.3) is 0 Å². The van der Waals surface area contributed by atoms with Crippen molar-refractivity contribution in [2.45, 2.75) is 69.0 Å². The highest BCUT2D eigenvalue weighted by atomic mass is 32.2. The number of thioether (sulfide) groups is 2. The molecule has 0 saturated heterocycles. The molecule has 0 saturated carbocycles. The van der Waals surface area contributed by atoms with Crippen LogP contribution in [0.15, 0.2) is 10.2 Å². The Morgan fingerprint density at radius 1 is 1.03 bits per heavy atom. The fourth-order valence-electron chi connectivity index (χ4n) is 2.29. The molecule has 0 aliphatic heterocycles. The van der Waals surface area contributed by atoms with Gasteiger partial charge in [-0.1, -0.05) is 39.5 Å². The molecule has 0 atom stereocenters.